The summed E-state index contributed by atoms with van der Waals surface area (Å²) in [5.41, 5.74) is 5.72. The number of likely N-dealkylation sites (tertiary alicyclic amines) is 3. The van der Waals surface area contributed by atoms with Crippen LogP contribution in [0.5, 0.6) is 0 Å². The van der Waals surface area contributed by atoms with Crippen molar-refractivity contribution in [1.29, 1.82) is 0 Å². The lowest BCUT2D eigenvalue weighted by Gasteiger charge is -2.48. The van der Waals surface area contributed by atoms with Crippen LogP contribution in [0.25, 0.3) is 0 Å². The molecule has 6 aliphatic heterocycles. The first-order chi connectivity index (χ1) is 22.1. The van der Waals surface area contributed by atoms with Crippen molar-refractivity contribution in [3.63, 3.8) is 0 Å². The predicted octanol–water partition coefficient (Wildman–Crippen LogP) is 3.65. The van der Waals surface area contributed by atoms with Crippen LogP contribution < -0.4 is 15.1 Å². The summed E-state index contributed by atoms with van der Waals surface area (Å²) in [7, 11) is 9.36. The highest BCUT2D eigenvalue weighted by Crippen LogP contribution is 2.69. The van der Waals surface area contributed by atoms with Crippen LogP contribution in [0.15, 0.2) is 66.7 Å². The molecule has 3 aromatic carbocycles. The van der Waals surface area contributed by atoms with E-state index >= 15 is 0 Å². The molecule has 0 radical (unpaired) electrons. The first-order valence-electron chi connectivity index (χ1n) is 16.1. The normalized spacial score (nSPS) is 33.2. The molecule has 6 aliphatic rings. The highest BCUT2D eigenvalue weighted by molar-refractivity contribution is 5.92. The summed E-state index contributed by atoms with van der Waals surface area (Å²) in [5, 5.41) is 3.94. The van der Waals surface area contributed by atoms with Gasteiger partial charge in [0.1, 0.15) is 18.5 Å². The van der Waals surface area contributed by atoms with Crippen molar-refractivity contribution in [3.05, 3.63) is 89.0 Å². The monoisotopic (exact) mass is 618 g/mol. The van der Waals surface area contributed by atoms with Crippen LogP contribution in [0.2, 0.25) is 0 Å². The van der Waals surface area contributed by atoms with Gasteiger partial charge in [0.05, 0.1) is 23.4 Å². The highest BCUT2D eigenvalue weighted by Gasteiger charge is 2.75. The maximum atomic E-state index is 13.9. The van der Waals surface area contributed by atoms with E-state index < -0.39 is 16.2 Å². The Morgan fingerprint density at radius 1 is 0.717 bits per heavy atom. The fourth-order valence-corrected chi connectivity index (χ4v) is 11.0. The molecular formula is C36H38N6O4. The standard InChI is InChI=1S/C36H38N6O4/c1-38-25-15-8-6-11-21(25)34(19-27(43)41(4)31(34)38)23-13-10-14-24-29(23)37-30-36(24,20-28(44)40(30)3)35-17-18-42(33(45)46-5)32(35)39(2)26-16-9-7-12-22(26)35/h6-16,30-32,37H,17-20H2,1-5H3/t30-,31-,32+,34-,35-,36+/m0/s1. The molecule has 0 bridgehead atoms. The molecule has 10 heteroatoms. The predicted molar refractivity (Wildman–Crippen MR) is 174 cm³/mol. The summed E-state index contributed by atoms with van der Waals surface area (Å²) in [5.74, 6) is 0.182. The van der Waals surface area contributed by atoms with Gasteiger partial charge >= 0.3 is 6.09 Å². The summed E-state index contributed by atoms with van der Waals surface area (Å²) in [6.45, 7) is 0.515. The molecule has 46 heavy (non-hydrogen) atoms. The molecule has 0 aromatic heterocycles. The summed E-state index contributed by atoms with van der Waals surface area (Å²) in [6.07, 6.45) is 0.0855. The van der Waals surface area contributed by atoms with E-state index in [0.29, 0.717) is 25.8 Å². The number of benzene rings is 3. The molecule has 3 aromatic rings. The fraction of sp³-hybridized carbons (Fsp3) is 0.417. The zero-order chi connectivity index (χ0) is 31.9. The molecule has 10 nitrogen and oxygen atoms in total. The van der Waals surface area contributed by atoms with Gasteiger partial charge in [-0.25, -0.2) is 4.79 Å². The van der Waals surface area contributed by atoms with E-state index in [1.54, 1.807) is 0 Å². The third-order valence-electron chi connectivity index (χ3n) is 12.6. The van der Waals surface area contributed by atoms with Crippen LogP contribution in [-0.4, -0.2) is 92.9 Å². The molecule has 3 fully saturated rings. The second kappa shape index (κ2) is 8.74. The van der Waals surface area contributed by atoms with E-state index in [4.69, 9.17) is 4.74 Å². The lowest BCUT2D eigenvalue weighted by molar-refractivity contribution is -0.128. The number of hydrogen-bond donors (Lipinski definition) is 1. The average Bonchev–Trinajstić information content (AvgIpc) is 3.86. The Hall–Kier alpha value is -4.73. The smallest absolute Gasteiger partial charge is 0.411 e. The second-order valence-electron chi connectivity index (χ2n) is 14.0. The molecule has 0 aliphatic carbocycles. The van der Waals surface area contributed by atoms with E-state index in [9.17, 15) is 14.4 Å². The molecule has 0 unspecified atom stereocenters. The van der Waals surface area contributed by atoms with E-state index in [1.807, 2.05) is 41.9 Å². The molecule has 3 saturated heterocycles. The lowest BCUT2D eigenvalue weighted by Crippen LogP contribution is -2.62. The summed E-state index contributed by atoms with van der Waals surface area (Å²) in [4.78, 5) is 51.0. The average molecular weight is 619 g/mol. The summed E-state index contributed by atoms with van der Waals surface area (Å²) in [6, 6.07) is 23.3. The van der Waals surface area contributed by atoms with Crippen LogP contribution in [0, 0.1) is 0 Å². The Balaban J connectivity index is 1.34. The maximum absolute atomic E-state index is 13.9. The van der Waals surface area contributed by atoms with Gasteiger partial charge in [-0.05, 0) is 40.8 Å². The van der Waals surface area contributed by atoms with Crippen LogP contribution in [-0.2, 0) is 30.6 Å². The number of fused-ring (bicyclic) bond motifs is 10. The number of para-hydroxylation sites is 3. The molecular weight excluding hydrogens is 580 g/mol. The highest BCUT2D eigenvalue weighted by atomic mass is 16.5. The summed E-state index contributed by atoms with van der Waals surface area (Å²) >= 11 is 0. The van der Waals surface area contributed by atoms with Crippen molar-refractivity contribution in [2.24, 2.45) is 0 Å². The zero-order valence-corrected chi connectivity index (χ0v) is 26.8. The number of carbonyl (C=O) groups excluding carboxylic acids is 3. The van der Waals surface area contributed by atoms with Crippen molar-refractivity contribution in [2.45, 2.75) is 54.0 Å². The van der Waals surface area contributed by atoms with Crippen molar-refractivity contribution >= 4 is 35.0 Å². The van der Waals surface area contributed by atoms with Gasteiger partial charge in [0, 0.05) is 64.6 Å². The topological polar surface area (TPSA) is 88.7 Å². The van der Waals surface area contributed by atoms with Gasteiger partial charge in [-0.3, -0.25) is 14.5 Å². The molecule has 6 atom stereocenters. The van der Waals surface area contributed by atoms with Crippen molar-refractivity contribution in [3.8, 4) is 0 Å². The van der Waals surface area contributed by atoms with Gasteiger partial charge in [0.25, 0.3) is 0 Å². The molecule has 0 spiro atoms. The zero-order valence-electron chi connectivity index (χ0n) is 26.8. The number of rotatable bonds is 2. The quantitative estimate of drug-likeness (QED) is 0.469. The van der Waals surface area contributed by atoms with Gasteiger partial charge in [0.2, 0.25) is 11.8 Å². The van der Waals surface area contributed by atoms with Crippen molar-refractivity contribution in [2.75, 3.05) is 57.0 Å². The Kier molecular flexibility index (Phi) is 5.24. The van der Waals surface area contributed by atoms with Gasteiger partial charge in [-0.2, -0.15) is 0 Å². The number of likely N-dealkylation sites (N-methyl/N-ethyl adjacent to an activating group) is 4. The molecule has 1 N–H and O–H groups in total. The molecule has 6 heterocycles. The maximum Gasteiger partial charge on any atom is 0.411 e. The number of nitrogens with one attached hydrogen (secondary N) is 1. The SMILES string of the molecule is COC(=O)N1CC[C@]2([C@@]34CC(=O)N(C)[C@@H]3Nc3c([C@@]56CC(=O)N(C)[C@@H]5N(C)c5ccccc56)cccc34)c3ccccc3N(C)[C@H]12. The first-order valence-corrected chi connectivity index (χ1v) is 16.1. The molecule has 9 rings (SSSR count). The molecule has 0 saturated carbocycles. The van der Waals surface area contributed by atoms with Gasteiger partial charge in [-0.15, -0.1) is 0 Å². The van der Waals surface area contributed by atoms with Crippen molar-refractivity contribution in [1.82, 2.24) is 14.7 Å². The third-order valence-corrected chi connectivity index (χ3v) is 12.6. The van der Waals surface area contributed by atoms with Gasteiger partial charge in [0.15, 0.2) is 0 Å². The largest absolute Gasteiger partial charge is 0.453 e. The van der Waals surface area contributed by atoms with E-state index in [2.05, 4.69) is 82.8 Å². The van der Waals surface area contributed by atoms with Crippen LogP contribution in [0.1, 0.15) is 41.5 Å². The van der Waals surface area contributed by atoms with E-state index in [1.165, 1.54) is 7.11 Å². The number of carbonyl (C=O) groups is 3. The Morgan fingerprint density at radius 2 is 1.33 bits per heavy atom. The Bertz CT molecular complexity index is 1880. The minimum Gasteiger partial charge on any atom is -0.453 e. The minimum atomic E-state index is -0.705. The first kappa shape index (κ1) is 27.6. The number of ether oxygens (including phenoxy) is 1. The number of anilines is 3. The number of methoxy groups -OCH3 is 1. The Labute approximate surface area is 268 Å². The Morgan fingerprint density at radius 3 is 2.07 bits per heavy atom. The molecule has 3 amide bonds. The number of hydrogen-bond acceptors (Lipinski definition) is 7. The van der Waals surface area contributed by atoms with Gasteiger partial charge in [-0.1, -0.05) is 54.6 Å². The van der Waals surface area contributed by atoms with Gasteiger partial charge < -0.3 is 29.7 Å². The minimum absolute atomic E-state index is 0.0722. The second-order valence-corrected chi connectivity index (χ2v) is 14.0. The van der Waals surface area contributed by atoms with Crippen LogP contribution in [0.4, 0.5) is 21.9 Å². The number of amides is 3. The number of nitrogens with zero attached hydrogens (tertiary/aromatic N) is 5. The van der Waals surface area contributed by atoms with Crippen molar-refractivity contribution < 1.29 is 19.1 Å². The van der Waals surface area contributed by atoms with Crippen LogP contribution in [0.3, 0.4) is 0 Å². The summed E-state index contributed by atoms with van der Waals surface area (Å²) < 4.78 is 5.34. The van der Waals surface area contributed by atoms with E-state index in [0.717, 1.165) is 39.3 Å². The fourth-order valence-electron chi connectivity index (χ4n) is 11.0. The molecule has 236 valence electrons. The van der Waals surface area contributed by atoms with Crippen LogP contribution >= 0.6 is 0 Å². The lowest BCUT2D eigenvalue weighted by atomic mass is 9.54. The third kappa shape index (κ3) is 2.76. The van der Waals surface area contributed by atoms with E-state index in [-0.39, 0.29) is 36.4 Å².